The molecule has 0 radical (unpaired) electrons. The molecule has 0 aliphatic heterocycles. The predicted molar refractivity (Wildman–Crippen MR) is 85.7 cm³/mol. The van der Waals surface area contributed by atoms with Gasteiger partial charge in [0.1, 0.15) is 5.41 Å². The molecule has 3 heteroatoms. The molecule has 3 nitrogen and oxygen atoms in total. The van der Waals surface area contributed by atoms with Crippen molar-refractivity contribution in [2.75, 3.05) is 0 Å². The molecule has 1 aliphatic rings. The highest BCUT2D eigenvalue weighted by atomic mass is 16.4. The Labute approximate surface area is 131 Å². The van der Waals surface area contributed by atoms with Crippen LogP contribution in [0.4, 0.5) is 0 Å². The number of hydrogen-bond acceptors (Lipinski definition) is 2. The van der Waals surface area contributed by atoms with E-state index in [1.54, 1.807) is 6.20 Å². The molecule has 1 aliphatic carbocycles. The van der Waals surface area contributed by atoms with Crippen molar-refractivity contribution in [2.45, 2.75) is 37.5 Å². The van der Waals surface area contributed by atoms with Gasteiger partial charge in [0.15, 0.2) is 0 Å². The number of pyridine rings is 1. The topological polar surface area (TPSA) is 50.2 Å². The Bertz CT molecular complexity index is 579. The van der Waals surface area contributed by atoms with E-state index in [9.17, 15) is 9.90 Å². The third kappa shape index (κ3) is 2.41. The van der Waals surface area contributed by atoms with Crippen LogP contribution in [0, 0.1) is 5.92 Å². The van der Waals surface area contributed by atoms with Crippen molar-refractivity contribution in [3.05, 3.63) is 66.0 Å². The first kappa shape index (κ1) is 14.8. The number of carbonyl (C=O) groups is 1. The zero-order valence-corrected chi connectivity index (χ0v) is 12.6. The summed E-state index contributed by atoms with van der Waals surface area (Å²) in [7, 11) is 0. The molecular weight excluding hydrogens is 274 g/mol. The molecule has 1 unspecified atom stereocenters. The lowest BCUT2D eigenvalue weighted by molar-refractivity contribution is -0.145. The lowest BCUT2D eigenvalue weighted by atomic mass is 9.63. The van der Waals surface area contributed by atoms with Gasteiger partial charge < -0.3 is 5.11 Å². The van der Waals surface area contributed by atoms with Crippen LogP contribution in [0.3, 0.4) is 0 Å². The number of aromatic nitrogens is 1. The maximum Gasteiger partial charge on any atom is 0.320 e. The molecule has 3 rings (SSSR count). The van der Waals surface area contributed by atoms with Crippen LogP contribution in [-0.2, 0) is 10.2 Å². The highest BCUT2D eigenvalue weighted by molar-refractivity contribution is 5.86. The van der Waals surface area contributed by atoms with Crippen LogP contribution in [-0.4, -0.2) is 16.1 Å². The molecule has 1 fully saturated rings. The minimum atomic E-state index is -1.04. The summed E-state index contributed by atoms with van der Waals surface area (Å²) < 4.78 is 0. The summed E-state index contributed by atoms with van der Waals surface area (Å²) in [6.07, 6.45) is 6.97. The fourth-order valence-corrected chi connectivity index (χ4v) is 3.83. The first-order valence-electron chi connectivity index (χ1n) is 7.96. The Hall–Kier alpha value is -2.16. The Morgan fingerprint density at radius 2 is 1.68 bits per heavy atom. The number of aliphatic carboxylic acids is 1. The van der Waals surface area contributed by atoms with Gasteiger partial charge in [0.05, 0.1) is 5.69 Å². The van der Waals surface area contributed by atoms with E-state index in [2.05, 4.69) is 4.98 Å². The third-order valence-electron chi connectivity index (χ3n) is 4.85. The number of hydrogen-bond donors (Lipinski definition) is 1. The van der Waals surface area contributed by atoms with E-state index in [0.29, 0.717) is 5.69 Å². The molecule has 1 atom stereocenters. The van der Waals surface area contributed by atoms with Gasteiger partial charge in [0.25, 0.3) is 0 Å². The summed E-state index contributed by atoms with van der Waals surface area (Å²) in [5.74, 6) is -0.694. The van der Waals surface area contributed by atoms with Crippen LogP contribution in [0.5, 0.6) is 0 Å². The Kier molecular flexibility index (Phi) is 4.23. The minimum Gasteiger partial charge on any atom is -0.480 e. The summed E-state index contributed by atoms with van der Waals surface area (Å²) in [6.45, 7) is 0. The van der Waals surface area contributed by atoms with Crippen molar-refractivity contribution in [3.63, 3.8) is 0 Å². The van der Waals surface area contributed by atoms with Gasteiger partial charge in [-0.2, -0.15) is 0 Å². The van der Waals surface area contributed by atoms with Crippen molar-refractivity contribution < 1.29 is 9.90 Å². The van der Waals surface area contributed by atoms with E-state index >= 15 is 0 Å². The average molecular weight is 295 g/mol. The fraction of sp³-hybridized carbons (Fsp3) is 0.368. The maximum atomic E-state index is 12.5. The van der Waals surface area contributed by atoms with Gasteiger partial charge in [-0.15, -0.1) is 0 Å². The minimum absolute atomic E-state index is 0.0936. The number of nitrogens with zero attached hydrogens (tertiary/aromatic N) is 1. The van der Waals surface area contributed by atoms with Crippen LogP contribution >= 0.6 is 0 Å². The van der Waals surface area contributed by atoms with Crippen molar-refractivity contribution in [2.24, 2.45) is 5.92 Å². The van der Waals surface area contributed by atoms with Crippen molar-refractivity contribution in [1.82, 2.24) is 4.98 Å². The molecule has 22 heavy (non-hydrogen) atoms. The highest BCUT2D eigenvalue weighted by Crippen LogP contribution is 2.45. The van der Waals surface area contributed by atoms with Gasteiger partial charge in [-0.3, -0.25) is 9.78 Å². The third-order valence-corrected chi connectivity index (χ3v) is 4.85. The largest absolute Gasteiger partial charge is 0.480 e. The molecule has 114 valence electrons. The van der Waals surface area contributed by atoms with Gasteiger partial charge in [0, 0.05) is 6.20 Å². The molecule has 1 saturated carbocycles. The molecule has 1 aromatic heterocycles. The quantitative estimate of drug-likeness (QED) is 0.926. The fourth-order valence-electron chi connectivity index (χ4n) is 3.83. The molecule has 1 N–H and O–H groups in total. The number of carboxylic acid groups (broad SMARTS) is 1. The summed E-state index contributed by atoms with van der Waals surface area (Å²) in [4.78, 5) is 16.9. The number of carboxylic acids is 1. The number of rotatable bonds is 4. The Balaban J connectivity index is 2.21. The monoisotopic (exact) mass is 295 g/mol. The van der Waals surface area contributed by atoms with Gasteiger partial charge in [0.2, 0.25) is 0 Å². The maximum absolute atomic E-state index is 12.5. The van der Waals surface area contributed by atoms with E-state index in [1.165, 1.54) is 6.42 Å². The van der Waals surface area contributed by atoms with Crippen molar-refractivity contribution in [1.29, 1.82) is 0 Å². The first-order valence-corrected chi connectivity index (χ1v) is 7.96. The van der Waals surface area contributed by atoms with Crippen LogP contribution in [0.2, 0.25) is 0 Å². The van der Waals surface area contributed by atoms with Crippen LogP contribution in [0.25, 0.3) is 0 Å². The Morgan fingerprint density at radius 3 is 2.27 bits per heavy atom. The van der Waals surface area contributed by atoms with Crippen molar-refractivity contribution in [3.8, 4) is 0 Å². The molecule has 0 spiro atoms. The second-order valence-corrected chi connectivity index (χ2v) is 6.03. The molecule has 1 aromatic carbocycles. The average Bonchev–Trinajstić information content (AvgIpc) is 2.58. The molecule has 2 aromatic rings. The summed E-state index contributed by atoms with van der Waals surface area (Å²) in [5, 5.41) is 10.2. The van der Waals surface area contributed by atoms with Crippen molar-refractivity contribution >= 4 is 5.97 Å². The molecule has 0 amide bonds. The second kappa shape index (κ2) is 6.30. The lowest BCUT2D eigenvalue weighted by Crippen LogP contribution is -2.45. The van der Waals surface area contributed by atoms with Crippen LogP contribution in [0.1, 0.15) is 43.4 Å². The predicted octanol–water partition coefficient (Wildman–Crippen LogP) is 4.03. The van der Waals surface area contributed by atoms with E-state index in [4.69, 9.17) is 0 Å². The highest BCUT2D eigenvalue weighted by Gasteiger charge is 2.50. The zero-order valence-electron chi connectivity index (χ0n) is 12.6. The van der Waals surface area contributed by atoms with E-state index in [1.807, 2.05) is 48.5 Å². The summed E-state index contributed by atoms with van der Waals surface area (Å²) >= 11 is 0. The summed E-state index contributed by atoms with van der Waals surface area (Å²) in [5.41, 5.74) is 0.455. The van der Waals surface area contributed by atoms with Crippen LogP contribution < -0.4 is 0 Å². The smallest absolute Gasteiger partial charge is 0.320 e. The number of benzene rings is 1. The van der Waals surface area contributed by atoms with Gasteiger partial charge in [-0.1, -0.05) is 55.7 Å². The summed E-state index contributed by atoms with van der Waals surface area (Å²) in [6, 6.07) is 15.2. The molecule has 0 saturated heterocycles. The SMILES string of the molecule is O=C(O)C(c1ccccc1)(c1ccccn1)C1CCCCC1. The van der Waals surface area contributed by atoms with Gasteiger partial charge >= 0.3 is 5.97 Å². The lowest BCUT2D eigenvalue weighted by Gasteiger charge is -2.39. The first-order chi connectivity index (χ1) is 10.8. The second-order valence-electron chi connectivity index (χ2n) is 6.03. The molecular formula is C19H21NO2. The van der Waals surface area contributed by atoms with E-state index in [0.717, 1.165) is 31.2 Å². The standard InChI is InChI=1S/C19H21NO2/c21-18(22)19(15-9-3-1-4-10-15,16-11-5-2-6-12-16)17-13-7-8-14-20-17/h1,3-4,7-10,13-14,16H,2,5-6,11-12H2,(H,21,22). The van der Waals surface area contributed by atoms with E-state index in [-0.39, 0.29) is 5.92 Å². The molecule has 0 bridgehead atoms. The Morgan fingerprint density at radius 1 is 1.00 bits per heavy atom. The normalized spacial score (nSPS) is 18.5. The van der Waals surface area contributed by atoms with Gasteiger partial charge in [-0.25, -0.2) is 0 Å². The zero-order chi connectivity index (χ0) is 15.4. The van der Waals surface area contributed by atoms with Gasteiger partial charge in [-0.05, 0) is 36.5 Å². The van der Waals surface area contributed by atoms with E-state index < -0.39 is 11.4 Å². The molecule has 1 heterocycles. The van der Waals surface area contributed by atoms with Crippen LogP contribution in [0.15, 0.2) is 54.7 Å².